The highest BCUT2D eigenvalue weighted by atomic mass is 32.1. The van der Waals surface area contributed by atoms with E-state index in [1.807, 2.05) is 22.9 Å². The topological polar surface area (TPSA) is 29.1 Å². The molecule has 0 spiro atoms. The van der Waals surface area contributed by atoms with Crippen LogP contribution in [0.15, 0.2) is 47.2 Å². The van der Waals surface area contributed by atoms with Crippen molar-refractivity contribution >= 4 is 17.2 Å². The average Bonchev–Trinajstić information content (AvgIpc) is 2.92. The van der Waals surface area contributed by atoms with Gasteiger partial charge in [0, 0.05) is 22.9 Å². The number of hydrogen-bond donors (Lipinski definition) is 1. The molecule has 1 saturated carbocycles. The molecule has 1 aromatic heterocycles. The van der Waals surface area contributed by atoms with E-state index in [-0.39, 0.29) is 11.3 Å². The van der Waals surface area contributed by atoms with Crippen molar-refractivity contribution in [2.75, 3.05) is 6.54 Å². The smallest absolute Gasteiger partial charge is 0.252 e. The third-order valence-electron chi connectivity index (χ3n) is 4.07. The zero-order valence-electron chi connectivity index (χ0n) is 10.8. The van der Waals surface area contributed by atoms with Gasteiger partial charge < -0.3 is 5.32 Å². The van der Waals surface area contributed by atoms with Crippen molar-refractivity contribution in [1.82, 2.24) is 5.32 Å². The Bertz CT molecular complexity index is 543. The van der Waals surface area contributed by atoms with Crippen molar-refractivity contribution in [1.29, 1.82) is 0 Å². The molecule has 0 atom stereocenters. The summed E-state index contributed by atoms with van der Waals surface area (Å²) in [4.78, 5) is 12.0. The molecule has 1 heterocycles. The summed E-state index contributed by atoms with van der Waals surface area (Å²) < 4.78 is 0. The molecule has 1 aromatic carbocycles. The molecule has 3 heteroatoms. The maximum absolute atomic E-state index is 12.0. The third kappa shape index (κ3) is 2.43. The van der Waals surface area contributed by atoms with Crippen LogP contribution in [-0.4, -0.2) is 12.5 Å². The molecular weight excluding hydrogens is 254 g/mol. The van der Waals surface area contributed by atoms with Gasteiger partial charge >= 0.3 is 0 Å². The lowest BCUT2D eigenvalue weighted by molar-refractivity contribution is 0.0928. The molecule has 2 aromatic rings. The Morgan fingerprint density at radius 2 is 2.00 bits per heavy atom. The van der Waals surface area contributed by atoms with Crippen molar-refractivity contribution in [2.45, 2.75) is 24.7 Å². The van der Waals surface area contributed by atoms with E-state index >= 15 is 0 Å². The summed E-state index contributed by atoms with van der Waals surface area (Å²) in [5.41, 5.74) is 2.28. The highest BCUT2D eigenvalue weighted by Gasteiger charge is 2.38. The van der Waals surface area contributed by atoms with Gasteiger partial charge in [-0.1, -0.05) is 36.8 Å². The fourth-order valence-corrected chi connectivity index (χ4v) is 3.34. The summed E-state index contributed by atoms with van der Waals surface area (Å²) in [5, 5.41) is 6.92. The number of amides is 1. The van der Waals surface area contributed by atoms with Gasteiger partial charge in [-0.05, 0) is 29.9 Å². The second-order valence-electron chi connectivity index (χ2n) is 5.19. The van der Waals surface area contributed by atoms with Crippen molar-refractivity contribution in [3.05, 3.63) is 58.3 Å². The van der Waals surface area contributed by atoms with Crippen LogP contribution in [0.2, 0.25) is 0 Å². The van der Waals surface area contributed by atoms with Gasteiger partial charge in [-0.25, -0.2) is 0 Å². The molecule has 1 aliphatic carbocycles. The molecule has 0 aliphatic heterocycles. The first-order valence-corrected chi connectivity index (χ1v) is 7.60. The van der Waals surface area contributed by atoms with E-state index in [9.17, 15) is 4.79 Å². The van der Waals surface area contributed by atoms with Gasteiger partial charge in [0.25, 0.3) is 5.91 Å². The van der Waals surface area contributed by atoms with Crippen LogP contribution in [0.5, 0.6) is 0 Å². The molecule has 0 saturated heterocycles. The number of carbonyl (C=O) groups excluding carboxylic acids is 1. The van der Waals surface area contributed by atoms with Crippen LogP contribution in [0.25, 0.3) is 0 Å². The first-order valence-electron chi connectivity index (χ1n) is 6.66. The van der Waals surface area contributed by atoms with E-state index in [0.29, 0.717) is 0 Å². The summed E-state index contributed by atoms with van der Waals surface area (Å²) >= 11 is 1.56. The molecule has 1 aliphatic rings. The average molecular weight is 271 g/mol. The number of thiophene rings is 1. The number of benzene rings is 1. The quantitative estimate of drug-likeness (QED) is 0.904. The molecule has 1 N–H and O–H groups in total. The van der Waals surface area contributed by atoms with Crippen LogP contribution in [0, 0.1) is 0 Å². The van der Waals surface area contributed by atoms with Crippen molar-refractivity contribution < 1.29 is 4.79 Å². The van der Waals surface area contributed by atoms with Crippen LogP contribution in [-0.2, 0) is 5.41 Å². The molecule has 3 rings (SSSR count). The van der Waals surface area contributed by atoms with Crippen molar-refractivity contribution in [2.24, 2.45) is 0 Å². The van der Waals surface area contributed by atoms with E-state index in [2.05, 4.69) is 29.6 Å². The van der Waals surface area contributed by atoms with E-state index in [0.717, 1.165) is 12.1 Å². The van der Waals surface area contributed by atoms with Gasteiger partial charge in [0.05, 0.1) is 0 Å². The van der Waals surface area contributed by atoms with E-state index in [4.69, 9.17) is 0 Å². The Kier molecular flexibility index (Phi) is 3.38. The highest BCUT2D eigenvalue weighted by molar-refractivity contribution is 7.08. The number of rotatable bonds is 4. The number of carbonyl (C=O) groups is 1. The van der Waals surface area contributed by atoms with Gasteiger partial charge in [-0.2, -0.15) is 11.3 Å². The Morgan fingerprint density at radius 1 is 1.21 bits per heavy atom. The minimum absolute atomic E-state index is 0.0449. The first-order chi connectivity index (χ1) is 9.30. The normalized spacial score (nSPS) is 16.6. The Balaban J connectivity index is 1.69. The Labute approximate surface area is 117 Å². The van der Waals surface area contributed by atoms with Gasteiger partial charge in [-0.3, -0.25) is 4.79 Å². The molecule has 2 nitrogen and oxygen atoms in total. The van der Waals surface area contributed by atoms with Gasteiger partial charge in [0.1, 0.15) is 0 Å². The number of hydrogen-bond acceptors (Lipinski definition) is 2. The largest absolute Gasteiger partial charge is 0.351 e. The second kappa shape index (κ2) is 5.17. The minimum Gasteiger partial charge on any atom is -0.351 e. The van der Waals surface area contributed by atoms with Crippen LogP contribution in [0.3, 0.4) is 0 Å². The highest BCUT2D eigenvalue weighted by Crippen LogP contribution is 2.43. The molecule has 98 valence electrons. The zero-order valence-corrected chi connectivity index (χ0v) is 11.6. The van der Waals surface area contributed by atoms with Gasteiger partial charge in [-0.15, -0.1) is 0 Å². The molecule has 1 fully saturated rings. The lowest BCUT2D eigenvalue weighted by Crippen LogP contribution is -2.45. The fourth-order valence-electron chi connectivity index (χ4n) is 2.71. The lowest BCUT2D eigenvalue weighted by atomic mass is 9.64. The Morgan fingerprint density at radius 3 is 2.58 bits per heavy atom. The minimum atomic E-state index is 0.0449. The van der Waals surface area contributed by atoms with E-state index in [1.165, 1.54) is 24.8 Å². The first kappa shape index (κ1) is 12.4. The van der Waals surface area contributed by atoms with Gasteiger partial charge in [0.15, 0.2) is 0 Å². The summed E-state index contributed by atoms with van der Waals surface area (Å²) in [6, 6.07) is 12.4. The lowest BCUT2D eigenvalue weighted by Gasteiger charge is -2.42. The maximum atomic E-state index is 12.0. The second-order valence-corrected chi connectivity index (χ2v) is 5.97. The summed E-state index contributed by atoms with van der Waals surface area (Å²) in [5.74, 6) is 0.0449. The maximum Gasteiger partial charge on any atom is 0.252 e. The zero-order chi connectivity index (χ0) is 13.1. The monoisotopic (exact) mass is 271 g/mol. The number of nitrogens with one attached hydrogen (secondary N) is 1. The standard InChI is InChI=1S/C16H17NOS/c18-15(13-7-10-19-11-13)17-12-16(8-4-9-16)14-5-2-1-3-6-14/h1-3,5-7,10-11H,4,8-9,12H2,(H,17,18). The molecule has 1 amide bonds. The van der Waals surface area contributed by atoms with E-state index in [1.54, 1.807) is 11.3 Å². The predicted octanol–water partition coefficient (Wildman–Crippen LogP) is 3.60. The van der Waals surface area contributed by atoms with Crippen molar-refractivity contribution in [3.63, 3.8) is 0 Å². The SMILES string of the molecule is O=C(NCC1(c2ccccc2)CCC1)c1ccsc1. The Hall–Kier alpha value is -1.61. The molecule has 0 bridgehead atoms. The third-order valence-corrected chi connectivity index (χ3v) is 4.75. The van der Waals surface area contributed by atoms with Crippen LogP contribution < -0.4 is 5.32 Å². The summed E-state index contributed by atoms with van der Waals surface area (Å²) in [7, 11) is 0. The summed E-state index contributed by atoms with van der Waals surface area (Å²) in [6.45, 7) is 0.742. The van der Waals surface area contributed by atoms with Crippen LogP contribution in [0.4, 0.5) is 0 Å². The molecule has 19 heavy (non-hydrogen) atoms. The van der Waals surface area contributed by atoms with Gasteiger partial charge in [0.2, 0.25) is 0 Å². The van der Waals surface area contributed by atoms with Crippen molar-refractivity contribution in [3.8, 4) is 0 Å². The fraction of sp³-hybridized carbons (Fsp3) is 0.312. The summed E-state index contributed by atoms with van der Waals surface area (Å²) in [6.07, 6.45) is 3.59. The molecule has 0 radical (unpaired) electrons. The van der Waals surface area contributed by atoms with E-state index < -0.39 is 0 Å². The van der Waals surface area contributed by atoms with Crippen LogP contribution in [0.1, 0.15) is 35.2 Å². The predicted molar refractivity (Wildman–Crippen MR) is 78.6 cm³/mol. The molecule has 0 unspecified atom stereocenters. The molecular formula is C16H17NOS. The van der Waals surface area contributed by atoms with Crippen LogP contribution >= 0.6 is 11.3 Å².